The van der Waals surface area contributed by atoms with E-state index < -0.39 is 0 Å². The Morgan fingerprint density at radius 1 is 1.45 bits per heavy atom. The molecule has 1 aromatic rings. The number of hydrogen-bond donors (Lipinski definition) is 0. The van der Waals surface area contributed by atoms with E-state index in [4.69, 9.17) is 17.0 Å². The zero-order chi connectivity index (χ0) is 7.56. The Morgan fingerprint density at radius 2 is 2.09 bits per heavy atom. The molecule has 0 aliphatic rings. The van der Waals surface area contributed by atoms with Gasteiger partial charge in [0.2, 0.25) is 5.39 Å². The third kappa shape index (κ3) is 2.57. The fourth-order valence-electron chi connectivity index (χ4n) is 0.690. The van der Waals surface area contributed by atoms with Crippen molar-refractivity contribution in [1.29, 1.82) is 5.39 Å². The van der Waals surface area contributed by atoms with Crippen LogP contribution in [0.2, 0.25) is 5.02 Å². The van der Waals surface area contributed by atoms with Crippen LogP contribution in [0.3, 0.4) is 0 Å². The molecule has 1 rings (SSSR count). The molecular weight excluding hydrogens is 213 g/mol. The quantitative estimate of drug-likeness (QED) is 0.486. The summed E-state index contributed by atoms with van der Waals surface area (Å²) in [6, 6.07) is 5.17. The Morgan fingerprint density at radius 3 is 2.55 bits per heavy atom. The minimum atomic E-state index is 0. The largest absolute Gasteiger partial charge is 2.00 e. The van der Waals surface area contributed by atoms with Gasteiger partial charge in [0.05, 0.1) is 6.07 Å². The van der Waals surface area contributed by atoms with Crippen LogP contribution in [0.5, 0.6) is 0 Å². The molecule has 0 radical (unpaired) electrons. The molecule has 0 aliphatic carbocycles. The third-order valence-electron chi connectivity index (χ3n) is 1.28. The molecule has 4 heteroatoms. The normalized spacial score (nSPS) is 8.09. The van der Waals surface area contributed by atoms with Gasteiger partial charge in [-0.2, -0.15) is 0 Å². The van der Waals surface area contributed by atoms with E-state index in [9.17, 15) is 0 Å². The van der Waals surface area contributed by atoms with E-state index in [-0.39, 0.29) is 19.5 Å². The SMILES string of the molecule is Cc1ccc(Cl)cc1[N+]#N.[Zn+2]. The number of aryl methyl sites for hydroxylation is 1. The second kappa shape index (κ2) is 4.44. The first kappa shape index (κ1) is 10.6. The Balaban J connectivity index is 0.000001000. The van der Waals surface area contributed by atoms with Crippen LogP contribution in [-0.2, 0) is 19.5 Å². The van der Waals surface area contributed by atoms with Gasteiger partial charge in [-0.1, -0.05) is 11.6 Å². The van der Waals surface area contributed by atoms with E-state index in [1.807, 2.05) is 6.92 Å². The van der Waals surface area contributed by atoms with Gasteiger partial charge in [-0.3, -0.25) is 0 Å². The minimum Gasteiger partial charge on any atom is -0.0840 e. The predicted octanol–water partition coefficient (Wildman–Crippen LogP) is 3.13. The molecule has 2 nitrogen and oxygen atoms in total. The molecule has 11 heavy (non-hydrogen) atoms. The van der Waals surface area contributed by atoms with E-state index in [1.54, 1.807) is 18.2 Å². The molecule has 0 aliphatic heterocycles. The van der Waals surface area contributed by atoms with Crippen molar-refractivity contribution in [3.8, 4) is 0 Å². The maximum absolute atomic E-state index is 8.41. The molecule has 0 aromatic heterocycles. The number of halogens is 1. The zero-order valence-corrected chi connectivity index (χ0v) is 9.93. The number of benzene rings is 1. The summed E-state index contributed by atoms with van der Waals surface area (Å²) in [7, 11) is 0. The first-order chi connectivity index (χ1) is 4.74. The van der Waals surface area contributed by atoms with E-state index in [0.717, 1.165) is 5.56 Å². The molecule has 0 saturated heterocycles. The molecule has 0 N–H and O–H groups in total. The first-order valence-electron chi connectivity index (χ1n) is 2.85. The number of rotatable bonds is 0. The average Bonchev–Trinajstić information content (AvgIpc) is 1.94. The Kier molecular flexibility index (Phi) is 4.26. The molecule has 0 amide bonds. The monoisotopic (exact) mass is 217 g/mol. The van der Waals surface area contributed by atoms with Crippen LogP contribution in [0.1, 0.15) is 5.56 Å². The molecule has 0 spiro atoms. The minimum absolute atomic E-state index is 0. The fourth-order valence-corrected chi connectivity index (χ4v) is 0.857. The molecule has 0 fully saturated rings. The van der Waals surface area contributed by atoms with Gasteiger partial charge in [0, 0.05) is 10.6 Å². The van der Waals surface area contributed by atoms with E-state index in [1.165, 1.54) is 0 Å². The van der Waals surface area contributed by atoms with Crippen molar-refractivity contribution in [1.82, 2.24) is 0 Å². The van der Waals surface area contributed by atoms with Crippen molar-refractivity contribution < 1.29 is 19.5 Å². The maximum atomic E-state index is 8.41. The van der Waals surface area contributed by atoms with Gasteiger partial charge in [0.15, 0.2) is 4.98 Å². The van der Waals surface area contributed by atoms with Crippen LogP contribution in [-0.4, -0.2) is 0 Å². The molecule has 0 unspecified atom stereocenters. The number of hydrogen-bond acceptors (Lipinski definition) is 1. The summed E-state index contributed by atoms with van der Waals surface area (Å²) in [5.41, 5.74) is 1.43. The van der Waals surface area contributed by atoms with Crippen LogP contribution in [0.15, 0.2) is 18.2 Å². The topological polar surface area (TPSA) is 28.1 Å². The smallest absolute Gasteiger partial charge is 0.0840 e. The molecular formula is C7H6ClN2Zn+3. The van der Waals surface area contributed by atoms with Crippen LogP contribution >= 0.6 is 11.6 Å². The molecule has 0 heterocycles. The predicted molar refractivity (Wildman–Crippen MR) is 40.9 cm³/mol. The van der Waals surface area contributed by atoms with E-state index in [2.05, 4.69) is 4.98 Å². The van der Waals surface area contributed by atoms with Gasteiger partial charge in [-0.15, -0.1) is 0 Å². The van der Waals surface area contributed by atoms with Crippen LogP contribution < -0.4 is 0 Å². The van der Waals surface area contributed by atoms with E-state index >= 15 is 0 Å². The van der Waals surface area contributed by atoms with E-state index in [0.29, 0.717) is 10.7 Å². The van der Waals surface area contributed by atoms with Gasteiger partial charge in [0.25, 0.3) is 0 Å². The summed E-state index contributed by atoms with van der Waals surface area (Å²) < 4.78 is 0. The molecule has 0 bridgehead atoms. The van der Waals surface area contributed by atoms with Crippen molar-refractivity contribution in [2.24, 2.45) is 0 Å². The summed E-state index contributed by atoms with van der Waals surface area (Å²) in [6.45, 7) is 1.85. The van der Waals surface area contributed by atoms with Crippen molar-refractivity contribution >= 4 is 17.3 Å². The van der Waals surface area contributed by atoms with Crippen molar-refractivity contribution in [3.63, 3.8) is 0 Å². The first-order valence-corrected chi connectivity index (χ1v) is 3.23. The van der Waals surface area contributed by atoms with Gasteiger partial charge in [-0.25, -0.2) is 0 Å². The second-order valence-electron chi connectivity index (χ2n) is 2.03. The van der Waals surface area contributed by atoms with Gasteiger partial charge >= 0.3 is 25.2 Å². The Hall–Kier alpha value is -0.447. The molecule has 0 atom stereocenters. The van der Waals surface area contributed by atoms with Crippen LogP contribution in [0.4, 0.5) is 5.69 Å². The standard InChI is InChI=1S/C7H6ClN2.Zn/c1-5-2-3-6(8)4-7(5)10-9;/h2-4H,1H3;/q+1;+2. The van der Waals surface area contributed by atoms with Gasteiger partial charge < -0.3 is 0 Å². The van der Waals surface area contributed by atoms with Gasteiger partial charge in [-0.05, 0) is 19.1 Å². The van der Waals surface area contributed by atoms with Crippen molar-refractivity contribution in [3.05, 3.63) is 33.8 Å². The van der Waals surface area contributed by atoms with Gasteiger partial charge in [0.1, 0.15) is 0 Å². The molecule has 1 aromatic carbocycles. The summed E-state index contributed by atoms with van der Waals surface area (Å²) >= 11 is 5.62. The maximum Gasteiger partial charge on any atom is 2.00 e. The average molecular weight is 219 g/mol. The van der Waals surface area contributed by atoms with Crippen molar-refractivity contribution in [2.75, 3.05) is 0 Å². The molecule has 0 saturated carbocycles. The number of diazo groups is 1. The van der Waals surface area contributed by atoms with Crippen LogP contribution in [0, 0.1) is 12.3 Å². The third-order valence-corrected chi connectivity index (χ3v) is 1.51. The second-order valence-corrected chi connectivity index (χ2v) is 2.47. The number of nitrogens with zero attached hydrogens (tertiary/aromatic N) is 2. The summed E-state index contributed by atoms with van der Waals surface area (Å²) in [5.74, 6) is 0. The summed E-state index contributed by atoms with van der Waals surface area (Å²) in [5, 5.41) is 8.99. The Bertz CT molecular complexity index is 293. The fraction of sp³-hybridized carbons (Fsp3) is 0.143. The summed E-state index contributed by atoms with van der Waals surface area (Å²) in [4.78, 5) is 3.05. The Labute approximate surface area is 82.9 Å². The van der Waals surface area contributed by atoms with Crippen LogP contribution in [0.25, 0.3) is 4.98 Å². The molecule has 50 valence electrons. The zero-order valence-electron chi connectivity index (χ0n) is 6.21. The summed E-state index contributed by atoms with van der Waals surface area (Å²) in [6.07, 6.45) is 0. The van der Waals surface area contributed by atoms with Crippen molar-refractivity contribution in [2.45, 2.75) is 6.92 Å².